The predicted molar refractivity (Wildman–Crippen MR) is 129 cm³/mol. The molecule has 0 saturated heterocycles. The molecule has 0 radical (unpaired) electrons. The molecule has 0 spiro atoms. The lowest BCUT2D eigenvalue weighted by Crippen LogP contribution is -2.47. The highest BCUT2D eigenvalue weighted by atomic mass is 32.2. The second-order valence-corrected chi connectivity index (χ2v) is 10.2. The molecule has 14 heteroatoms. The Morgan fingerprint density at radius 3 is 2.86 bits per heavy atom. The largest absolute Gasteiger partial charge is 0.463 e. The van der Waals surface area contributed by atoms with Crippen LogP contribution in [0.1, 0.15) is 18.9 Å². The van der Waals surface area contributed by atoms with E-state index < -0.39 is 34.4 Å². The van der Waals surface area contributed by atoms with Crippen LogP contribution in [0, 0.1) is 24.2 Å². The normalized spacial score (nSPS) is 25.5. The molecule has 37 heavy (non-hydrogen) atoms. The number of hydrogen-bond donors (Lipinski definition) is 3. The Morgan fingerprint density at radius 1 is 1.35 bits per heavy atom. The maximum absolute atomic E-state index is 15.0. The summed E-state index contributed by atoms with van der Waals surface area (Å²) in [6.07, 6.45) is 1.68. The number of terminal acetylenes is 1. The van der Waals surface area contributed by atoms with Gasteiger partial charge in [0.1, 0.15) is 5.52 Å². The minimum atomic E-state index is -4.87. The first-order valence-corrected chi connectivity index (χ1v) is 11.7. The number of pyridine rings is 2. The second-order valence-electron chi connectivity index (χ2n) is 8.77. The van der Waals surface area contributed by atoms with E-state index in [1.165, 1.54) is 31.6 Å². The lowest BCUT2D eigenvalue weighted by Gasteiger charge is -2.36. The van der Waals surface area contributed by atoms with Crippen molar-refractivity contribution in [2.24, 2.45) is 16.6 Å². The van der Waals surface area contributed by atoms with Crippen molar-refractivity contribution in [1.82, 2.24) is 19.9 Å². The van der Waals surface area contributed by atoms with Crippen molar-refractivity contribution in [3.63, 3.8) is 0 Å². The molecule has 0 amide bonds. The molecule has 4 heterocycles. The number of rotatable bonds is 6. The number of nitrogens with zero attached hydrogens (tertiary/aromatic N) is 5. The van der Waals surface area contributed by atoms with E-state index in [-0.39, 0.29) is 41.1 Å². The molecule has 1 saturated carbocycles. The average Bonchev–Trinajstić information content (AvgIpc) is 3.59. The molecule has 1 aliphatic carbocycles. The van der Waals surface area contributed by atoms with Gasteiger partial charge in [0.05, 0.1) is 33.9 Å². The molecule has 2 aliphatic rings. The number of amidine groups is 1. The van der Waals surface area contributed by atoms with Gasteiger partial charge in [-0.2, -0.15) is 17.6 Å². The maximum atomic E-state index is 15.0. The van der Waals surface area contributed by atoms with Crippen molar-refractivity contribution in [1.29, 1.82) is 0 Å². The summed E-state index contributed by atoms with van der Waals surface area (Å²) >= 11 is 0.668. The van der Waals surface area contributed by atoms with Crippen LogP contribution >= 0.6 is 11.8 Å². The number of thioether (sulfide) groups is 1. The molecule has 192 valence electrons. The van der Waals surface area contributed by atoms with Crippen LogP contribution in [0.4, 0.5) is 29.1 Å². The molecule has 0 bridgehead atoms. The number of anilines is 2. The molecule has 9 nitrogen and oxygen atoms in total. The van der Waals surface area contributed by atoms with Gasteiger partial charge in [-0.05, 0) is 25.5 Å². The van der Waals surface area contributed by atoms with Crippen LogP contribution in [0.5, 0.6) is 5.88 Å². The molecule has 4 atom stereocenters. The Balaban J connectivity index is 1.49. The molecule has 3 aromatic rings. The van der Waals surface area contributed by atoms with E-state index in [2.05, 4.69) is 36.2 Å². The van der Waals surface area contributed by atoms with Crippen LogP contribution in [0.25, 0.3) is 11.0 Å². The standard InChI is InChI=1S/C23H19F4N7O2S/c1-3-6-36-15-10-30-16-13(33-15)4-5-29-18(16)32-11-7-12(17(24)31-9-11)21(2)14-8-22(14,37-20(28)34-21)19(35)23(25,26)27/h1,4-5,7,9-10,14,19,35H,6,8H2,2H3,(H2,28,34)(H,29,32)/t14-,19+,21+,22+/m0/s1. The number of hydrogen-bond acceptors (Lipinski definition) is 10. The summed E-state index contributed by atoms with van der Waals surface area (Å²) in [7, 11) is 0. The third-order valence-corrected chi connectivity index (χ3v) is 7.78. The van der Waals surface area contributed by atoms with Crippen molar-refractivity contribution in [3.8, 4) is 18.2 Å². The summed E-state index contributed by atoms with van der Waals surface area (Å²) in [6, 6.07) is 3.00. The summed E-state index contributed by atoms with van der Waals surface area (Å²) in [5, 5.41) is 12.9. The summed E-state index contributed by atoms with van der Waals surface area (Å²) in [4.78, 5) is 21.0. The predicted octanol–water partition coefficient (Wildman–Crippen LogP) is 3.27. The highest BCUT2D eigenvalue weighted by molar-refractivity contribution is 8.15. The van der Waals surface area contributed by atoms with Crippen LogP contribution in [-0.2, 0) is 5.54 Å². The number of aliphatic imine (C=N–C) groups is 1. The monoisotopic (exact) mass is 533 g/mol. The van der Waals surface area contributed by atoms with E-state index in [0.717, 1.165) is 0 Å². The zero-order valence-corrected chi connectivity index (χ0v) is 19.9. The summed E-state index contributed by atoms with van der Waals surface area (Å²) in [5.74, 6) is 1.08. The molecule has 1 fully saturated rings. The van der Waals surface area contributed by atoms with Gasteiger partial charge in [0.2, 0.25) is 11.8 Å². The molecule has 5 rings (SSSR count). The SMILES string of the molecule is C#CCOc1cnc2c(Nc3cnc(F)c([C@@]4(C)N=C(N)S[C@]5([C@@H](O)C(F)(F)F)C[C@H]54)c3)nccc2n1. The van der Waals surface area contributed by atoms with Crippen molar-refractivity contribution < 1.29 is 27.4 Å². The fraction of sp³-hybridized carbons (Fsp3) is 0.348. The summed E-state index contributed by atoms with van der Waals surface area (Å²) in [5.41, 5.74) is 5.41. The zero-order valence-electron chi connectivity index (χ0n) is 19.1. The summed E-state index contributed by atoms with van der Waals surface area (Å²) < 4.78 is 58.9. The van der Waals surface area contributed by atoms with Crippen molar-refractivity contribution in [2.75, 3.05) is 11.9 Å². The van der Waals surface area contributed by atoms with E-state index in [1.807, 2.05) is 0 Å². The van der Waals surface area contributed by atoms with E-state index >= 15 is 4.39 Å². The molecule has 4 N–H and O–H groups in total. The van der Waals surface area contributed by atoms with Gasteiger partial charge in [-0.25, -0.2) is 19.9 Å². The topological polar surface area (TPSA) is 131 Å². The molecular weight excluding hydrogens is 514 g/mol. The number of aliphatic hydroxyl groups excluding tert-OH is 1. The van der Waals surface area contributed by atoms with Gasteiger partial charge in [0, 0.05) is 17.7 Å². The minimum Gasteiger partial charge on any atom is -0.463 e. The highest BCUT2D eigenvalue weighted by Gasteiger charge is 2.74. The zero-order chi connectivity index (χ0) is 26.6. The van der Waals surface area contributed by atoms with Gasteiger partial charge in [-0.15, -0.1) is 6.42 Å². The van der Waals surface area contributed by atoms with Gasteiger partial charge in [0.25, 0.3) is 0 Å². The van der Waals surface area contributed by atoms with Crippen molar-refractivity contribution in [3.05, 3.63) is 42.2 Å². The third-order valence-electron chi connectivity index (χ3n) is 6.43. The first kappa shape index (κ1) is 25.0. The Hall–Kier alpha value is -3.70. The number of alkyl halides is 3. The van der Waals surface area contributed by atoms with Gasteiger partial charge in [-0.3, -0.25) is 4.99 Å². The minimum absolute atomic E-state index is 0.0208. The van der Waals surface area contributed by atoms with Gasteiger partial charge < -0.3 is 20.9 Å². The van der Waals surface area contributed by atoms with E-state index in [9.17, 15) is 18.3 Å². The van der Waals surface area contributed by atoms with Crippen LogP contribution < -0.4 is 15.8 Å². The molecule has 1 aliphatic heterocycles. The average molecular weight is 534 g/mol. The van der Waals surface area contributed by atoms with E-state index in [0.29, 0.717) is 22.8 Å². The number of ether oxygens (including phenoxy) is 1. The number of aromatic nitrogens is 4. The quantitative estimate of drug-likeness (QED) is 0.248. The summed E-state index contributed by atoms with van der Waals surface area (Å²) in [6.45, 7) is 1.51. The van der Waals surface area contributed by atoms with E-state index in [4.69, 9.17) is 16.9 Å². The second kappa shape index (κ2) is 8.70. The molecule has 3 aromatic heterocycles. The molecule has 0 aromatic carbocycles. The number of halogens is 4. The van der Waals surface area contributed by atoms with Crippen LogP contribution in [0.15, 0.2) is 35.7 Å². The maximum Gasteiger partial charge on any atom is 0.415 e. The number of aliphatic hydroxyl groups is 1. The first-order chi connectivity index (χ1) is 17.5. The number of nitrogens with one attached hydrogen (secondary N) is 1. The molecule has 0 unspecified atom stereocenters. The Labute approximate surface area is 212 Å². The van der Waals surface area contributed by atoms with Gasteiger partial charge in [-0.1, -0.05) is 17.7 Å². The molecular formula is C23H19F4N7O2S. The van der Waals surface area contributed by atoms with Crippen molar-refractivity contribution in [2.45, 2.75) is 35.9 Å². The number of fused-ring (bicyclic) bond motifs is 2. The smallest absolute Gasteiger partial charge is 0.415 e. The van der Waals surface area contributed by atoms with E-state index in [1.54, 1.807) is 6.07 Å². The Kier molecular flexibility index (Phi) is 5.87. The van der Waals surface area contributed by atoms with Gasteiger partial charge >= 0.3 is 6.18 Å². The van der Waals surface area contributed by atoms with Crippen LogP contribution in [0.2, 0.25) is 0 Å². The van der Waals surface area contributed by atoms with Crippen molar-refractivity contribution >= 4 is 39.5 Å². The highest BCUT2D eigenvalue weighted by Crippen LogP contribution is 2.68. The van der Waals surface area contributed by atoms with Gasteiger partial charge in [0.15, 0.2) is 23.7 Å². The fourth-order valence-electron chi connectivity index (χ4n) is 4.67. The Morgan fingerprint density at radius 2 is 2.14 bits per heavy atom. The first-order valence-electron chi connectivity index (χ1n) is 10.9. The lowest BCUT2D eigenvalue weighted by atomic mass is 9.86. The Bertz CT molecular complexity index is 1460. The fourth-order valence-corrected chi connectivity index (χ4v) is 6.16. The van der Waals surface area contributed by atoms with Crippen LogP contribution in [0.3, 0.4) is 0 Å². The third kappa shape index (κ3) is 4.27. The number of nitrogens with two attached hydrogens (primary N) is 1. The van der Waals surface area contributed by atoms with Crippen LogP contribution in [-0.4, -0.2) is 53.8 Å². The lowest BCUT2D eigenvalue weighted by molar-refractivity contribution is -0.207.